The SMILES string of the molecule is CN(I)CCNc1cc(C(=O)Nc2cc3cc(-c4cnc(N)s4)ccc3cn2)ccn1. The molecule has 0 spiro atoms. The molecule has 0 aliphatic heterocycles. The lowest BCUT2D eigenvalue weighted by molar-refractivity contribution is 0.102. The van der Waals surface area contributed by atoms with Gasteiger partial charge in [-0.3, -0.25) is 4.79 Å². The van der Waals surface area contributed by atoms with Crippen molar-refractivity contribution in [2.45, 2.75) is 0 Å². The van der Waals surface area contributed by atoms with Crippen molar-refractivity contribution >= 4 is 67.6 Å². The predicted molar refractivity (Wildman–Crippen MR) is 135 cm³/mol. The fraction of sp³-hybridized carbons (Fsp3) is 0.143. The average Bonchev–Trinajstić information content (AvgIpc) is 3.19. The van der Waals surface area contributed by atoms with Crippen LogP contribution in [0.15, 0.2) is 55.0 Å². The molecule has 0 aliphatic rings. The number of carbonyl (C=O) groups is 1. The number of nitrogen functional groups attached to an aromatic ring is 1. The Labute approximate surface area is 197 Å². The average molecular weight is 545 g/mol. The number of halogens is 1. The summed E-state index contributed by atoms with van der Waals surface area (Å²) >= 11 is 3.66. The van der Waals surface area contributed by atoms with Crippen LogP contribution in [0, 0.1) is 0 Å². The molecule has 8 nitrogen and oxygen atoms in total. The van der Waals surface area contributed by atoms with E-state index in [4.69, 9.17) is 5.73 Å². The van der Waals surface area contributed by atoms with Gasteiger partial charge in [0.15, 0.2) is 5.13 Å². The Morgan fingerprint density at radius 1 is 1.10 bits per heavy atom. The van der Waals surface area contributed by atoms with Crippen LogP contribution in [0.5, 0.6) is 0 Å². The molecule has 4 rings (SSSR count). The minimum Gasteiger partial charge on any atom is -0.375 e. The molecule has 0 fully saturated rings. The second kappa shape index (κ2) is 9.54. The van der Waals surface area contributed by atoms with Crippen LogP contribution in [0.3, 0.4) is 0 Å². The van der Waals surface area contributed by atoms with Gasteiger partial charge in [-0.15, -0.1) is 0 Å². The molecular weight excluding hydrogens is 525 g/mol. The van der Waals surface area contributed by atoms with Crippen molar-refractivity contribution < 1.29 is 4.79 Å². The topological polar surface area (TPSA) is 109 Å². The Kier molecular flexibility index (Phi) is 6.59. The zero-order chi connectivity index (χ0) is 21.8. The number of hydrogen-bond acceptors (Lipinski definition) is 8. The van der Waals surface area contributed by atoms with E-state index in [-0.39, 0.29) is 5.91 Å². The van der Waals surface area contributed by atoms with E-state index in [1.165, 1.54) is 11.3 Å². The number of nitrogens with zero attached hydrogens (tertiary/aromatic N) is 4. The molecule has 31 heavy (non-hydrogen) atoms. The van der Waals surface area contributed by atoms with Gasteiger partial charge in [-0.1, -0.05) is 23.5 Å². The first-order chi connectivity index (χ1) is 15.0. The van der Waals surface area contributed by atoms with Gasteiger partial charge in [0.25, 0.3) is 5.91 Å². The van der Waals surface area contributed by atoms with E-state index in [0.29, 0.717) is 22.3 Å². The van der Waals surface area contributed by atoms with Gasteiger partial charge in [0.2, 0.25) is 0 Å². The van der Waals surface area contributed by atoms with Crippen molar-refractivity contribution in [2.24, 2.45) is 0 Å². The second-order valence-electron chi connectivity index (χ2n) is 6.83. The number of fused-ring (bicyclic) bond motifs is 1. The van der Waals surface area contributed by atoms with E-state index in [9.17, 15) is 4.79 Å². The van der Waals surface area contributed by atoms with Crippen molar-refractivity contribution in [3.05, 3.63) is 60.6 Å². The van der Waals surface area contributed by atoms with E-state index >= 15 is 0 Å². The third kappa shape index (κ3) is 5.46. The maximum absolute atomic E-state index is 12.7. The first kappa shape index (κ1) is 21.4. The highest BCUT2D eigenvalue weighted by Gasteiger charge is 2.10. The Morgan fingerprint density at radius 3 is 2.74 bits per heavy atom. The number of thiazole rings is 1. The highest BCUT2D eigenvalue weighted by atomic mass is 127. The minimum atomic E-state index is -0.241. The fourth-order valence-corrected chi connectivity index (χ4v) is 3.90. The third-order valence-corrected chi connectivity index (χ3v) is 5.88. The van der Waals surface area contributed by atoms with Crippen molar-refractivity contribution in [1.29, 1.82) is 0 Å². The summed E-state index contributed by atoms with van der Waals surface area (Å²) in [5.74, 6) is 0.900. The van der Waals surface area contributed by atoms with Gasteiger partial charge in [-0.2, -0.15) is 0 Å². The van der Waals surface area contributed by atoms with Crippen LogP contribution in [-0.2, 0) is 0 Å². The molecule has 0 saturated carbocycles. The van der Waals surface area contributed by atoms with Crippen LogP contribution in [0.25, 0.3) is 21.2 Å². The molecule has 0 atom stereocenters. The molecule has 0 radical (unpaired) electrons. The number of carbonyl (C=O) groups excluding carboxylic acids is 1. The predicted octanol–water partition coefficient (Wildman–Crippen LogP) is 4.28. The molecule has 0 bridgehead atoms. The van der Waals surface area contributed by atoms with Gasteiger partial charge in [-0.25, -0.2) is 18.1 Å². The number of amides is 1. The molecule has 1 amide bonds. The molecule has 4 N–H and O–H groups in total. The first-order valence-corrected chi connectivity index (χ1v) is 11.3. The fourth-order valence-electron chi connectivity index (χ4n) is 2.98. The van der Waals surface area contributed by atoms with E-state index in [1.54, 1.807) is 30.7 Å². The molecule has 0 unspecified atom stereocenters. The van der Waals surface area contributed by atoms with Crippen LogP contribution in [-0.4, -0.2) is 44.1 Å². The van der Waals surface area contributed by atoms with Crippen LogP contribution < -0.4 is 16.4 Å². The zero-order valence-corrected chi connectivity index (χ0v) is 19.6. The number of rotatable bonds is 7. The third-order valence-electron chi connectivity index (χ3n) is 4.52. The monoisotopic (exact) mass is 545 g/mol. The summed E-state index contributed by atoms with van der Waals surface area (Å²) in [5, 5.41) is 8.57. The smallest absolute Gasteiger partial charge is 0.257 e. The van der Waals surface area contributed by atoms with Gasteiger partial charge < -0.3 is 16.4 Å². The standard InChI is InChI=1S/C21H20IN7OS/c1-29(22)7-6-25-18-9-14(4-5-24-18)20(30)28-19-10-16-8-13(2-3-15(16)11-26-19)17-12-27-21(23)31-17/h2-5,8-12H,6-7H2,1H3,(H2,23,27)(H,24,25)(H,26,28,30). The largest absolute Gasteiger partial charge is 0.375 e. The lowest BCUT2D eigenvalue weighted by Crippen LogP contribution is -2.17. The van der Waals surface area contributed by atoms with Crippen molar-refractivity contribution in [1.82, 2.24) is 18.1 Å². The Morgan fingerprint density at radius 2 is 1.97 bits per heavy atom. The molecule has 3 aromatic heterocycles. The Hall–Kier alpha value is -2.83. The van der Waals surface area contributed by atoms with Crippen LogP contribution in [0.1, 0.15) is 10.4 Å². The summed E-state index contributed by atoms with van der Waals surface area (Å²) in [5.41, 5.74) is 7.28. The van der Waals surface area contributed by atoms with Gasteiger partial charge in [0, 0.05) is 65.5 Å². The Balaban J connectivity index is 1.50. The summed E-state index contributed by atoms with van der Waals surface area (Å²) in [4.78, 5) is 26.5. The van der Waals surface area contributed by atoms with E-state index < -0.39 is 0 Å². The highest BCUT2D eigenvalue weighted by Crippen LogP contribution is 2.30. The lowest BCUT2D eigenvalue weighted by Gasteiger charge is -2.10. The van der Waals surface area contributed by atoms with Crippen molar-refractivity contribution in [2.75, 3.05) is 36.5 Å². The summed E-state index contributed by atoms with van der Waals surface area (Å²) in [7, 11) is 1.99. The number of aromatic nitrogens is 3. The lowest BCUT2D eigenvalue weighted by atomic mass is 10.1. The number of nitrogens with one attached hydrogen (secondary N) is 2. The Bertz CT molecular complexity index is 1230. The van der Waals surface area contributed by atoms with E-state index in [1.807, 2.05) is 34.4 Å². The molecule has 0 saturated heterocycles. The van der Waals surface area contributed by atoms with E-state index in [2.05, 4.69) is 48.5 Å². The van der Waals surface area contributed by atoms with Crippen LogP contribution >= 0.6 is 34.2 Å². The van der Waals surface area contributed by atoms with Crippen LogP contribution in [0.4, 0.5) is 16.8 Å². The number of pyridine rings is 2. The number of benzene rings is 1. The summed E-state index contributed by atoms with van der Waals surface area (Å²) in [6, 6.07) is 11.3. The quantitative estimate of drug-likeness (QED) is 0.235. The summed E-state index contributed by atoms with van der Waals surface area (Å²) < 4.78 is 2.04. The minimum absolute atomic E-state index is 0.241. The van der Waals surface area contributed by atoms with Crippen molar-refractivity contribution in [3.63, 3.8) is 0 Å². The van der Waals surface area contributed by atoms with Gasteiger partial charge in [0.05, 0.1) is 4.88 Å². The maximum atomic E-state index is 12.7. The van der Waals surface area contributed by atoms with Crippen LogP contribution in [0.2, 0.25) is 0 Å². The number of nitrogens with two attached hydrogens (primary N) is 1. The van der Waals surface area contributed by atoms with Gasteiger partial charge >= 0.3 is 0 Å². The van der Waals surface area contributed by atoms with E-state index in [0.717, 1.165) is 34.3 Å². The molecule has 4 aromatic rings. The maximum Gasteiger partial charge on any atom is 0.257 e. The molecule has 1 aromatic carbocycles. The number of anilines is 3. The second-order valence-corrected chi connectivity index (χ2v) is 9.54. The summed E-state index contributed by atoms with van der Waals surface area (Å²) in [6.07, 6.45) is 5.12. The first-order valence-electron chi connectivity index (χ1n) is 9.47. The molecule has 158 valence electrons. The van der Waals surface area contributed by atoms with Gasteiger partial charge in [-0.05, 0) is 42.3 Å². The number of hydrogen-bond donors (Lipinski definition) is 3. The number of likely N-dealkylation sites (N-methyl/N-ethyl adjacent to an activating group) is 1. The molecule has 0 aliphatic carbocycles. The van der Waals surface area contributed by atoms with Crippen molar-refractivity contribution in [3.8, 4) is 10.4 Å². The molecule has 3 heterocycles. The zero-order valence-electron chi connectivity index (χ0n) is 16.7. The molecular formula is C21H20IN7OS. The summed E-state index contributed by atoms with van der Waals surface area (Å²) in [6.45, 7) is 1.59. The highest BCUT2D eigenvalue weighted by molar-refractivity contribution is 14.1. The van der Waals surface area contributed by atoms with Gasteiger partial charge in [0.1, 0.15) is 11.6 Å². The molecule has 10 heteroatoms. The normalized spacial score (nSPS) is 11.1.